The summed E-state index contributed by atoms with van der Waals surface area (Å²) in [6.07, 6.45) is 25.9. The van der Waals surface area contributed by atoms with E-state index in [9.17, 15) is 4.79 Å². The Labute approximate surface area is 169 Å². The maximum Gasteiger partial charge on any atom is 0.332 e. The number of carboxylic acid groups (broad SMARTS) is 1. The molecule has 3 nitrogen and oxygen atoms in total. The van der Waals surface area contributed by atoms with Crippen LogP contribution in [0, 0.1) is 0 Å². The molecule has 1 N–H and O–H groups in total. The van der Waals surface area contributed by atoms with E-state index in [0.717, 1.165) is 12.8 Å². The molecule has 0 aliphatic carbocycles. The highest BCUT2D eigenvalue weighted by Crippen LogP contribution is 2.15. The fraction of sp³-hybridized carbons (Fsp3) is 0.958. The molecule has 0 aromatic heterocycles. The van der Waals surface area contributed by atoms with Gasteiger partial charge in [0.2, 0.25) is 0 Å². The van der Waals surface area contributed by atoms with Gasteiger partial charge in [-0.15, -0.1) is 0 Å². The van der Waals surface area contributed by atoms with Gasteiger partial charge in [0, 0.05) is 7.11 Å². The zero-order valence-corrected chi connectivity index (χ0v) is 18.5. The third-order valence-corrected chi connectivity index (χ3v) is 5.63. The van der Waals surface area contributed by atoms with Gasteiger partial charge >= 0.3 is 5.97 Å². The van der Waals surface area contributed by atoms with Crippen LogP contribution >= 0.6 is 0 Å². The van der Waals surface area contributed by atoms with Crippen molar-refractivity contribution in [2.75, 3.05) is 7.11 Å². The molecule has 1 unspecified atom stereocenters. The Morgan fingerprint density at radius 2 is 0.926 bits per heavy atom. The molecule has 0 aromatic rings. The molecule has 0 aliphatic rings. The van der Waals surface area contributed by atoms with Crippen molar-refractivity contribution in [3.05, 3.63) is 0 Å². The highest BCUT2D eigenvalue weighted by molar-refractivity contribution is 5.72. The van der Waals surface area contributed by atoms with E-state index in [4.69, 9.17) is 9.84 Å². The molecule has 0 fully saturated rings. The number of aliphatic carboxylic acids is 1. The summed E-state index contributed by atoms with van der Waals surface area (Å²) in [7, 11) is 1.48. The van der Waals surface area contributed by atoms with Gasteiger partial charge in [0.05, 0.1) is 0 Å². The Morgan fingerprint density at radius 3 is 1.19 bits per heavy atom. The third kappa shape index (κ3) is 20.0. The zero-order valence-electron chi connectivity index (χ0n) is 18.5. The monoisotopic (exact) mass is 384 g/mol. The van der Waals surface area contributed by atoms with E-state index >= 15 is 0 Å². The van der Waals surface area contributed by atoms with Crippen molar-refractivity contribution in [1.82, 2.24) is 0 Å². The largest absolute Gasteiger partial charge is 0.479 e. The van der Waals surface area contributed by atoms with Crippen molar-refractivity contribution in [3.63, 3.8) is 0 Å². The van der Waals surface area contributed by atoms with Crippen LogP contribution in [0.15, 0.2) is 0 Å². The summed E-state index contributed by atoms with van der Waals surface area (Å²) >= 11 is 0. The predicted molar refractivity (Wildman–Crippen MR) is 116 cm³/mol. The predicted octanol–water partition coefficient (Wildman–Crippen LogP) is 7.91. The van der Waals surface area contributed by atoms with Gasteiger partial charge in [0.15, 0.2) is 6.10 Å². The maximum atomic E-state index is 10.8. The summed E-state index contributed by atoms with van der Waals surface area (Å²) in [5, 5.41) is 8.90. The summed E-state index contributed by atoms with van der Waals surface area (Å²) < 4.78 is 4.95. The van der Waals surface area contributed by atoms with Gasteiger partial charge < -0.3 is 9.84 Å². The van der Waals surface area contributed by atoms with E-state index in [-0.39, 0.29) is 0 Å². The minimum Gasteiger partial charge on any atom is -0.479 e. The topological polar surface area (TPSA) is 46.5 Å². The maximum absolute atomic E-state index is 10.8. The molecular weight excluding hydrogens is 336 g/mol. The Bertz CT molecular complexity index is 304. The molecule has 0 amide bonds. The number of methoxy groups -OCH3 is 1. The summed E-state index contributed by atoms with van der Waals surface area (Å²) in [4.78, 5) is 10.8. The Hall–Kier alpha value is -0.570. The number of hydrogen-bond donors (Lipinski definition) is 1. The van der Waals surface area contributed by atoms with Gasteiger partial charge in [-0.3, -0.25) is 0 Å². The standard InChI is InChI=1S/C24H48O3/c1-3-4-5-6-7-8-9-10-11-12-13-14-15-16-17-18-19-20-21-22-23(27-2)24(25)26/h23H,3-22H2,1-2H3,(H,25,26). The van der Waals surface area contributed by atoms with Gasteiger partial charge in [-0.05, 0) is 6.42 Å². The van der Waals surface area contributed by atoms with Crippen molar-refractivity contribution >= 4 is 5.97 Å². The molecule has 0 saturated carbocycles. The SMILES string of the molecule is CCCCCCCCCCCCCCCCCCCCCC(OC)C(=O)O. The number of carboxylic acids is 1. The number of carbonyl (C=O) groups is 1. The second-order valence-corrected chi connectivity index (χ2v) is 8.22. The van der Waals surface area contributed by atoms with Gasteiger partial charge in [0.1, 0.15) is 0 Å². The van der Waals surface area contributed by atoms with Gasteiger partial charge in [-0.25, -0.2) is 4.79 Å². The lowest BCUT2D eigenvalue weighted by Gasteiger charge is -2.09. The van der Waals surface area contributed by atoms with Crippen molar-refractivity contribution in [2.24, 2.45) is 0 Å². The van der Waals surface area contributed by atoms with E-state index < -0.39 is 12.1 Å². The van der Waals surface area contributed by atoms with E-state index in [1.807, 2.05) is 0 Å². The Balaban J connectivity index is 3.10. The average Bonchev–Trinajstić information content (AvgIpc) is 2.66. The molecule has 0 rings (SSSR count). The fourth-order valence-corrected chi connectivity index (χ4v) is 3.75. The molecule has 0 heterocycles. The zero-order chi connectivity index (χ0) is 20.0. The van der Waals surface area contributed by atoms with Crippen LogP contribution in [0.3, 0.4) is 0 Å². The number of ether oxygens (including phenoxy) is 1. The number of rotatable bonds is 22. The fourth-order valence-electron chi connectivity index (χ4n) is 3.75. The van der Waals surface area contributed by atoms with Crippen LogP contribution in [0.1, 0.15) is 135 Å². The molecule has 27 heavy (non-hydrogen) atoms. The summed E-state index contributed by atoms with van der Waals surface area (Å²) in [6, 6.07) is 0. The van der Waals surface area contributed by atoms with Crippen LogP contribution in [0.2, 0.25) is 0 Å². The molecule has 162 valence electrons. The van der Waals surface area contributed by atoms with E-state index in [1.54, 1.807) is 0 Å². The smallest absolute Gasteiger partial charge is 0.332 e. The second-order valence-electron chi connectivity index (χ2n) is 8.22. The van der Waals surface area contributed by atoms with Gasteiger partial charge in [-0.2, -0.15) is 0 Å². The first-order valence-corrected chi connectivity index (χ1v) is 12.0. The molecule has 3 heteroatoms. The lowest BCUT2D eigenvalue weighted by Crippen LogP contribution is -2.21. The molecule has 0 bridgehead atoms. The number of hydrogen-bond acceptors (Lipinski definition) is 2. The molecular formula is C24H48O3. The lowest BCUT2D eigenvalue weighted by atomic mass is 10.0. The van der Waals surface area contributed by atoms with Crippen LogP contribution in [0.4, 0.5) is 0 Å². The summed E-state index contributed by atoms with van der Waals surface area (Å²) in [6.45, 7) is 2.28. The molecule has 0 aromatic carbocycles. The number of unbranched alkanes of at least 4 members (excludes halogenated alkanes) is 18. The van der Waals surface area contributed by atoms with Crippen LogP contribution in [-0.2, 0) is 9.53 Å². The normalized spacial score (nSPS) is 12.4. The molecule has 0 radical (unpaired) electrons. The molecule has 0 saturated heterocycles. The van der Waals surface area contributed by atoms with Crippen LogP contribution in [0.25, 0.3) is 0 Å². The van der Waals surface area contributed by atoms with Gasteiger partial charge in [0.25, 0.3) is 0 Å². The first-order valence-electron chi connectivity index (χ1n) is 12.0. The second kappa shape index (κ2) is 21.7. The van der Waals surface area contributed by atoms with Gasteiger partial charge in [-0.1, -0.05) is 129 Å². The van der Waals surface area contributed by atoms with Crippen LogP contribution in [-0.4, -0.2) is 24.3 Å². The summed E-state index contributed by atoms with van der Waals surface area (Å²) in [5.41, 5.74) is 0. The van der Waals surface area contributed by atoms with Crippen molar-refractivity contribution < 1.29 is 14.6 Å². The third-order valence-electron chi connectivity index (χ3n) is 5.63. The average molecular weight is 385 g/mol. The van der Waals surface area contributed by atoms with Crippen molar-refractivity contribution in [3.8, 4) is 0 Å². The molecule has 0 spiro atoms. The first-order chi connectivity index (χ1) is 13.2. The Kier molecular flexibility index (Phi) is 21.3. The van der Waals surface area contributed by atoms with Crippen LogP contribution < -0.4 is 0 Å². The van der Waals surface area contributed by atoms with E-state index in [0.29, 0.717) is 6.42 Å². The first kappa shape index (κ1) is 26.4. The molecule has 1 atom stereocenters. The van der Waals surface area contributed by atoms with E-state index in [2.05, 4.69) is 6.92 Å². The summed E-state index contributed by atoms with van der Waals surface area (Å²) in [5.74, 6) is -0.833. The highest BCUT2D eigenvalue weighted by atomic mass is 16.5. The molecule has 0 aliphatic heterocycles. The van der Waals surface area contributed by atoms with E-state index in [1.165, 1.54) is 116 Å². The highest BCUT2D eigenvalue weighted by Gasteiger charge is 2.14. The quantitative estimate of drug-likeness (QED) is 0.193. The minimum absolute atomic E-state index is 0.615. The van der Waals surface area contributed by atoms with Crippen LogP contribution in [0.5, 0.6) is 0 Å². The van der Waals surface area contributed by atoms with Crippen molar-refractivity contribution in [1.29, 1.82) is 0 Å². The Morgan fingerprint density at radius 1 is 0.630 bits per heavy atom. The van der Waals surface area contributed by atoms with Crippen molar-refractivity contribution in [2.45, 2.75) is 141 Å². The lowest BCUT2D eigenvalue weighted by molar-refractivity contribution is -0.148. The minimum atomic E-state index is -0.833.